The Morgan fingerprint density at radius 1 is 1.21 bits per heavy atom. The highest BCUT2D eigenvalue weighted by molar-refractivity contribution is 5.78. The van der Waals surface area contributed by atoms with E-state index in [4.69, 9.17) is 4.74 Å². The van der Waals surface area contributed by atoms with Gasteiger partial charge >= 0.3 is 0 Å². The highest BCUT2D eigenvalue weighted by atomic mass is 19.3. The molecular formula is C25H35F2N5O2. The molecule has 0 aromatic carbocycles. The second kappa shape index (κ2) is 11.7. The Labute approximate surface area is 199 Å². The van der Waals surface area contributed by atoms with Gasteiger partial charge in [-0.1, -0.05) is 6.07 Å². The molecule has 0 spiro atoms. The number of hydrogen-bond acceptors (Lipinski definition) is 5. The first-order chi connectivity index (χ1) is 16.4. The van der Waals surface area contributed by atoms with Gasteiger partial charge in [-0.25, -0.2) is 13.8 Å². The van der Waals surface area contributed by atoms with Gasteiger partial charge in [-0.2, -0.15) is 5.10 Å². The molecule has 34 heavy (non-hydrogen) atoms. The zero-order valence-electron chi connectivity index (χ0n) is 19.9. The van der Waals surface area contributed by atoms with Crippen LogP contribution in [0.2, 0.25) is 0 Å². The minimum Gasteiger partial charge on any atom is -0.472 e. The summed E-state index contributed by atoms with van der Waals surface area (Å²) in [6, 6.07) is 3.95. The number of rotatable bonds is 9. The summed E-state index contributed by atoms with van der Waals surface area (Å²) in [4.78, 5) is 19.3. The quantitative estimate of drug-likeness (QED) is 0.603. The molecule has 1 N–H and O–H groups in total. The number of aryl methyl sites for hydroxylation is 1. The smallest absolute Gasteiger partial charge is 0.272 e. The van der Waals surface area contributed by atoms with Crippen molar-refractivity contribution < 1.29 is 18.3 Å². The first-order valence-corrected chi connectivity index (χ1v) is 12.3. The number of carbonyl (C=O) groups is 1. The summed E-state index contributed by atoms with van der Waals surface area (Å²) in [5.74, 6) is 1.07. The molecule has 2 aliphatic rings. The molecule has 2 aromatic rings. The number of carbonyl (C=O) groups excluding carboxylic acids is 1. The molecule has 4 rings (SSSR count). The normalized spacial score (nSPS) is 21.2. The maximum atomic E-state index is 12.4. The summed E-state index contributed by atoms with van der Waals surface area (Å²) in [5, 5.41) is 7.31. The standard InChI is InChI=1S/C25H35F2N5O2/c1-31-16-19(15-28-31)14-24(33)29-21-5-2-18(3-6-21)8-11-32-12-9-20-4-7-25(34-17-23(26)27)30-22(20)10-13-32/h4,7,15-16,18,21,23H,2-3,5-6,8-14,17H2,1H3,(H,29,33). The lowest BCUT2D eigenvalue weighted by Gasteiger charge is -2.30. The van der Waals surface area contributed by atoms with Crippen LogP contribution >= 0.6 is 0 Å². The molecular weight excluding hydrogens is 440 g/mol. The summed E-state index contributed by atoms with van der Waals surface area (Å²) in [6.45, 7) is 2.36. The SMILES string of the molecule is Cn1cc(CC(=O)NC2CCC(CCN3CCc4ccc(OCC(F)F)nc4CC3)CC2)cn1. The van der Waals surface area contributed by atoms with Crippen LogP contribution in [0.1, 0.15) is 48.9 Å². The first-order valence-electron chi connectivity index (χ1n) is 12.3. The van der Waals surface area contributed by atoms with E-state index in [0.29, 0.717) is 12.3 Å². The molecule has 0 saturated heterocycles. The maximum absolute atomic E-state index is 12.4. The van der Waals surface area contributed by atoms with Gasteiger partial charge in [-0.15, -0.1) is 0 Å². The average Bonchev–Trinajstić information content (AvgIpc) is 3.11. The van der Waals surface area contributed by atoms with E-state index in [0.717, 1.165) is 69.4 Å². The van der Waals surface area contributed by atoms with Crippen molar-refractivity contribution >= 4 is 5.91 Å². The molecule has 1 aliphatic carbocycles. The van der Waals surface area contributed by atoms with Crippen molar-refractivity contribution in [1.29, 1.82) is 0 Å². The van der Waals surface area contributed by atoms with Crippen molar-refractivity contribution in [1.82, 2.24) is 25.0 Å². The molecule has 9 heteroatoms. The average molecular weight is 476 g/mol. The van der Waals surface area contributed by atoms with Gasteiger partial charge in [0.25, 0.3) is 6.43 Å². The predicted molar refractivity (Wildman–Crippen MR) is 125 cm³/mol. The van der Waals surface area contributed by atoms with Crippen LogP contribution in [0.5, 0.6) is 5.88 Å². The van der Waals surface area contributed by atoms with Crippen molar-refractivity contribution in [2.24, 2.45) is 13.0 Å². The van der Waals surface area contributed by atoms with Crippen LogP contribution in [0.4, 0.5) is 8.78 Å². The van der Waals surface area contributed by atoms with E-state index in [9.17, 15) is 13.6 Å². The lowest BCUT2D eigenvalue weighted by atomic mass is 9.84. The summed E-state index contributed by atoms with van der Waals surface area (Å²) in [5.41, 5.74) is 3.10. The Bertz CT molecular complexity index is 943. The van der Waals surface area contributed by atoms with Crippen LogP contribution in [0.25, 0.3) is 0 Å². The maximum Gasteiger partial charge on any atom is 0.272 e. The number of hydrogen-bond donors (Lipinski definition) is 1. The topological polar surface area (TPSA) is 72.3 Å². The molecule has 1 amide bonds. The van der Waals surface area contributed by atoms with Crippen molar-refractivity contribution in [3.8, 4) is 5.88 Å². The molecule has 0 radical (unpaired) electrons. The lowest BCUT2D eigenvalue weighted by molar-refractivity contribution is -0.121. The highest BCUT2D eigenvalue weighted by Gasteiger charge is 2.24. The number of nitrogens with zero attached hydrogens (tertiary/aromatic N) is 4. The lowest BCUT2D eigenvalue weighted by Crippen LogP contribution is -2.39. The van der Waals surface area contributed by atoms with Crippen molar-refractivity contribution in [2.75, 3.05) is 26.2 Å². The number of halogens is 2. The monoisotopic (exact) mass is 475 g/mol. The van der Waals surface area contributed by atoms with E-state index in [-0.39, 0.29) is 17.8 Å². The number of alkyl halides is 2. The fourth-order valence-corrected chi connectivity index (χ4v) is 5.05. The second-order valence-corrected chi connectivity index (χ2v) is 9.57. The summed E-state index contributed by atoms with van der Waals surface area (Å²) in [7, 11) is 1.86. The van der Waals surface area contributed by atoms with Crippen molar-refractivity contribution in [3.05, 3.63) is 41.3 Å². The molecule has 1 aliphatic heterocycles. The van der Waals surface area contributed by atoms with Gasteiger partial charge in [0.05, 0.1) is 12.6 Å². The van der Waals surface area contributed by atoms with Gasteiger partial charge in [-0.3, -0.25) is 9.48 Å². The van der Waals surface area contributed by atoms with E-state index >= 15 is 0 Å². The number of nitrogens with one attached hydrogen (secondary N) is 1. The van der Waals surface area contributed by atoms with Gasteiger partial charge in [0.1, 0.15) is 0 Å². The van der Waals surface area contributed by atoms with E-state index < -0.39 is 13.0 Å². The van der Waals surface area contributed by atoms with E-state index in [1.165, 1.54) is 12.0 Å². The number of fused-ring (bicyclic) bond motifs is 1. The van der Waals surface area contributed by atoms with Gasteiger partial charge in [0, 0.05) is 50.6 Å². The second-order valence-electron chi connectivity index (χ2n) is 9.57. The third-order valence-corrected chi connectivity index (χ3v) is 6.95. The number of pyridine rings is 1. The molecule has 0 atom stereocenters. The van der Waals surface area contributed by atoms with E-state index in [1.807, 2.05) is 19.3 Å². The third kappa shape index (κ3) is 7.22. The van der Waals surface area contributed by atoms with Gasteiger partial charge < -0.3 is 15.0 Å². The Morgan fingerprint density at radius 2 is 2.00 bits per heavy atom. The van der Waals surface area contributed by atoms with Gasteiger partial charge in [0.2, 0.25) is 11.8 Å². The predicted octanol–water partition coefficient (Wildman–Crippen LogP) is 3.17. The van der Waals surface area contributed by atoms with Crippen LogP contribution in [0, 0.1) is 5.92 Å². The Balaban J connectivity index is 1.15. The Kier molecular flexibility index (Phi) is 8.48. The Hall–Kier alpha value is -2.55. The molecule has 3 heterocycles. The van der Waals surface area contributed by atoms with Crippen molar-refractivity contribution in [3.63, 3.8) is 0 Å². The molecule has 186 valence electrons. The van der Waals surface area contributed by atoms with Crippen molar-refractivity contribution in [2.45, 2.75) is 63.8 Å². The third-order valence-electron chi connectivity index (χ3n) is 6.95. The first kappa shape index (κ1) is 24.6. The summed E-state index contributed by atoms with van der Waals surface area (Å²) >= 11 is 0. The van der Waals surface area contributed by atoms with Crippen LogP contribution in [-0.4, -0.2) is 64.3 Å². The molecule has 1 fully saturated rings. The fraction of sp³-hybridized carbons (Fsp3) is 0.640. The number of ether oxygens (including phenoxy) is 1. The fourth-order valence-electron chi connectivity index (χ4n) is 5.05. The largest absolute Gasteiger partial charge is 0.472 e. The van der Waals surface area contributed by atoms with Crippen LogP contribution in [-0.2, 0) is 31.1 Å². The zero-order chi connectivity index (χ0) is 23.9. The molecule has 0 bridgehead atoms. The molecule has 2 aromatic heterocycles. The zero-order valence-corrected chi connectivity index (χ0v) is 19.9. The minimum absolute atomic E-state index is 0.0805. The van der Waals surface area contributed by atoms with E-state index in [1.54, 1.807) is 16.9 Å². The molecule has 7 nitrogen and oxygen atoms in total. The summed E-state index contributed by atoms with van der Waals surface area (Å²) < 4.78 is 31.6. The van der Waals surface area contributed by atoms with Crippen LogP contribution < -0.4 is 10.1 Å². The number of aromatic nitrogens is 3. The summed E-state index contributed by atoms with van der Waals surface area (Å²) in [6.07, 6.45) is 8.82. The highest BCUT2D eigenvalue weighted by Crippen LogP contribution is 2.28. The molecule has 0 unspecified atom stereocenters. The molecule has 1 saturated carbocycles. The van der Waals surface area contributed by atoms with Gasteiger partial charge in [-0.05, 0) is 62.1 Å². The minimum atomic E-state index is -2.49. The van der Waals surface area contributed by atoms with Gasteiger partial charge in [0.15, 0.2) is 6.61 Å². The van der Waals surface area contributed by atoms with Crippen LogP contribution in [0.3, 0.4) is 0 Å². The Morgan fingerprint density at radius 3 is 2.74 bits per heavy atom. The van der Waals surface area contributed by atoms with Crippen LogP contribution in [0.15, 0.2) is 24.5 Å². The number of amides is 1. The van der Waals surface area contributed by atoms with E-state index in [2.05, 4.69) is 20.3 Å².